The number of nitrogens with zero attached hydrogens (tertiary/aromatic N) is 2. The van der Waals surface area contributed by atoms with Gasteiger partial charge in [-0.05, 0) is 49.1 Å². The van der Waals surface area contributed by atoms with E-state index in [4.69, 9.17) is 18.1 Å². The van der Waals surface area contributed by atoms with Gasteiger partial charge in [0.05, 0.1) is 0 Å². The number of nitrogens with one attached hydrogen (secondary N) is 1. The number of hydrogen-bond donors (Lipinski definition) is 1. The Balaban J connectivity index is 1.69. The number of hydrogen-bond acceptors (Lipinski definition) is 2. The van der Waals surface area contributed by atoms with Gasteiger partial charge in [0.2, 0.25) is 5.71 Å². The zero-order valence-electron chi connectivity index (χ0n) is 26.8. The third-order valence-electron chi connectivity index (χ3n) is 5.66. The molecule has 4 heteroatoms. The minimum atomic E-state index is -3.19. The third-order valence-corrected chi connectivity index (χ3v) is 5.66. The van der Waals surface area contributed by atoms with E-state index >= 15 is 0 Å². The van der Waals surface area contributed by atoms with E-state index in [0.717, 1.165) is 0 Å². The van der Waals surface area contributed by atoms with Crippen LogP contribution >= 0.6 is 0 Å². The zero-order valence-corrected chi connectivity index (χ0v) is 16.8. The summed E-state index contributed by atoms with van der Waals surface area (Å²) < 4.78 is 88.7. The average molecular weight is 429 g/mol. The molecule has 3 heterocycles. The molecule has 0 saturated heterocycles. The maximum absolute atomic E-state index is 8.94. The molecular weight excluding hydrogens is 394 g/mol. The van der Waals surface area contributed by atoms with Crippen LogP contribution in [-0.4, -0.2) is 9.97 Å². The molecule has 0 fully saturated rings. The maximum Gasteiger partial charge on any atom is 0.296 e. The van der Waals surface area contributed by atoms with Crippen LogP contribution in [0.15, 0.2) is 83.3 Å². The largest absolute Gasteiger partial charge is 0.437 e. The molecule has 0 unspecified atom stereocenters. The van der Waals surface area contributed by atoms with Crippen LogP contribution in [0.3, 0.4) is 0 Å². The minimum absolute atomic E-state index is 0.105. The number of furan rings is 1. The second kappa shape index (κ2) is 7.06. The number of aromatic nitrogens is 3. The molecular formula is C28H24N3O+. The van der Waals surface area contributed by atoms with E-state index in [1.807, 2.05) is 18.2 Å². The second-order valence-electron chi connectivity index (χ2n) is 7.55. The smallest absolute Gasteiger partial charge is 0.296 e. The van der Waals surface area contributed by atoms with Crippen LogP contribution in [0.4, 0.5) is 0 Å². The Hall–Kier alpha value is -3.92. The molecule has 156 valence electrons. The summed E-state index contributed by atoms with van der Waals surface area (Å²) in [5, 5.41) is 1.28. The summed E-state index contributed by atoms with van der Waals surface area (Å²) in [6.07, 6.45) is 0. The molecule has 3 aromatic carbocycles. The predicted molar refractivity (Wildman–Crippen MR) is 129 cm³/mol. The van der Waals surface area contributed by atoms with Gasteiger partial charge in [0.25, 0.3) is 5.82 Å². The highest BCUT2D eigenvalue weighted by Crippen LogP contribution is 2.35. The molecule has 0 saturated carbocycles. The van der Waals surface area contributed by atoms with Gasteiger partial charge in [0.15, 0.2) is 16.6 Å². The molecule has 0 aliphatic rings. The Morgan fingerprint density at radius 3 is 2.72 bits per heavy atom. The lowest BCUT2D eigenvalue weighted by Gasteiger charge is -2.11. The van der Waals surface area contributed by atoms with Crippen molar-refractivity contribution in [3.63, 3.8) is 0 Å². The average Bonchev–Trinajstić information content (AvgIpc) is 3.49. The molecule has 0 bridgehead atoms. The van der Waals surface area contributed by atoms with Crippen molar-refractivity contribution in [2.75, 3.05) is 0 Å². The Labute approximate surface area is 200 Å². The van der Waals surface area contributed by atoms with Crippen LogP contribution in [0.5, 0.6) is 0 Å². The highest BCUT2D eigenvalue weighted by molar-refractivity contribution is 6.08. The van der Waals surface area contributed by atoms with Crippen molar-refractivity contribution in [1.29, 1.82) is 0 Å². The molecule has 32 heavy (non-hydrogen) atoms. The summed E-state index contributed by atoms with van der Waals surface area (Å²) in [5.41, 5.74) is 2.24. The molecule has 0 aliphatic carbocycles. The normalized spacial score (nSPS) is 18.0. The summed E-state index contributed by atoms with van der Waals surface area (Å²) in [4.78, 5) is 7.60. The second-order valence-corrected chi connectivity index (χ2v) is 7.55. The first-order valence-corrected chi connectivity index (χ1v) is 10.1. The first-order valence-electron chi connectivity index (χ1n) is 15.1. The number of pyridine rings is 1. The van der Waals surface area contributed by atoms with Crippen molar-refractivity contribution < 1.29 is 22.7 Å². The van der Waals surface area contributed by atoms with E-state index in [9.17, 15) is 0 Å². The number of aromatic amines is 1. The summed E-state index contributed by atoms with van der Waals surface area (Å²) in [6.45, 7) is -8.80. The highest BCUT2D eigenvalue weighted by Gasteiger charge is 2.27. The molecule has 6 rings (SSSR count). The summed E-state index contributed by atoms with van der Waals surface area (Å²) in [7, 11) is 0. The fourth-order valence-electron chi connectivity index (χ4n) is 4.26. The molecule has 6 aromatic rings. The zero-order chi connectivity index (χ0) is 30.2. The van der Waals surface area contributed by atoms with Crippen LogP contribution in [0.25, 0.3) is 50.2 Å². The van der Waals surface area contributed by atoms with Crippen molar-refractivity contribution in [2.45, 2.75) is 26.4 Å². The topological polar surface area (TPSA) is 45.7 Å². The van der Waals surface area contributed by atoms with E-state index in [1.165, 1.54) is 18.2 Å². The molecule has 4 nitrogen and oxygen atoms in total. The van der Waals surface area contributed by atoms with Gasteiger partial charge in [-0.25, -0.2) is 9.97 Å². The first-order chi connectivity index (χ1) is 19.6. The summed E-state index contributed by atoms with van der Waals surface area (Å²) in [6, 6.07) is 21.8. The van der Waals surface area contributed by atoms with Crippen LogP contribution < -0.4 is 4.57 Å². The Kier molecular flexibility index (Phi) is 2.45. The van der Waals surface area contributed by atoms with Crippen molar-refractivity contribution >= 4 is 33.1 Å². The monoisotopic (exact) mass is 428 g/mol. The highest BCUT2D eigenvalue weighted by atomic mass is 16.3. The SMILES string of the molecule is [2H]C([2H])([2H])c1ccc2c(n1)oc1c(-c3[nH]c4ccccc4[n+]3-c3ccccc3C([2H])(C([2H])([2H])[2H])C([2H])([2H])[2H])cccc12. The number of rotatable bonds is 3. The van der Waals surface area contributed by atoms with E-state index in [1.54, 1.807) is 47.0 Å². The first kappa shape index (κ1) is 11.1. The van der Waals surface area contributed by atoms with Gasteiger partial charge >= 0.3 is 0 Å². The number of fused-ring (bicyclic) bond motifs is 4. The van der Waals surface area contributed by atoms with Gasteiger partial charge in [-0.1, -0.05) is 56.2 Å². The summed E-state index contributed by atoms with van der Waals surface area (Å²) in [5.74, 6) is -2.51. The van der Waals surface area contributed by atoms with Crippen LogP contribution in [0.2, 0.25) is 0 Å². The lowest BCUT2D eigenvalue weighted by Crippen LogP contribution is -2.33. The molecule has 1 N–H and O–H groups in total. The molecule has 0 atom stereocenters. The van der Waals surface area contributed by atoms with Gasteiger partial charge in [0.1, 0.15) is 11.3 Å². The van der Waals surface area contributed by atoms with Crippen LogP contribution in [0.1, 0.15) is 44.6 Å². The fourth-order valence-corrected chi connectivity index (χ4v) is 4.26. The number of aryl methyl sites for hydroxylation is 1. The standard InChI is InChI=1S/C28H23N3O/c1-17(2)19-9-4-6-13-24(19)31-25-14-7-5-12-23(25)30-27(31)22-11-8-10-20-21-16-15-18(3)29-28(21)32-26(20)22/h4-17H,1-3H3/p+1/i1D3,2D3,3D3,17D. The predicted octanol–water partition coefficient (Wildman–Crippen LogP) is 6.84. The van der Waals surface area contributed by atoms with Crippen LogP contribution in [0, 0.1) is 6.85 Å². The molecule has 0 amide bonds. The van der Waals surface area contributed by atoms with Gasteiger partial charge in [0, 0.05) is 35.7 Å². The number of imidazole rings is 1. The van der Waals surface area contributed by atoms with Crippen molar-refractivity contribution in [2.24, 2.45) is 0 Å². The molecule has 3 aromatic heterocycles. The van der Waals surface area contributed by atoms with Gasteiger partial charge in [-0.2, -0.15) is 4.57 Å². The van der Waals surface area contributed by atoms with E-state index in [2.05, 4.69) is 9.97 Å². The fraction of sp³-hybridized carbons (Fsp3) is 0.143. The maximum atomic E-state index is 8.94. The van der Waals surface area contributed by atoms with Crippen molar-refractivity contribution in [3.05, 3.63) is 90.1 Å². The van der Waals surface area contributed by atoms with Crippen molar-refractivity contribution in [3.8, 4) is 17.1 Å². The number of H-pyrrole nitrogens is 1. The molecule has 0 aliphatic heterocycles. The molecule has 0 radical (unpaired) electrons. The van der Waals surface area contributed by atoms with Gasteiger partial charge < -0.3 is 4.42 Å². The van der Waals surface area contributed by atoms with Gasteiger partial charge in [-0.3, -0.25) is 0 Å². The van der Waals surface area contributed by atoms with E-state index in [0.29, 0.717) is 38.8 Å². The number of benzene rings is 3. The quantitative estimate of drug-likeness (QED) is 0.314. The lowest BCUT2D eigenvalue weighted by molar-refractivity contribution is -0.555. The number of para-hydroxylation sites is 4. The Morgan fingerprint density at radius 2 is 1.81 bits per heavy atom. The lowest BCUT2D eigenvalue weighted by atomic mass is 10.0. The van der Waals surface area contributed by atoms with Crippen LogP contribution in [-0.2, 0) is 0 Å². The summed E-state index contributed by atoms with van der Waals surface area (Å²) >= 11 is 0. The minimum Gasteiger partial charge on any atom is -0.437 e. The van der Waals surface area contributed by atoms with E-state index in [-0.39, 0.29) is 22.7 Å². The molecule has 0 spiro atoms. The third kappa shape index (κ3) is 2.76. The Morgan fingerprint density at radius 1 is 0.938 bits per heavy atom. The van der Waals surface area contributed by atoms with E-state index < -0.39 is 26.4 Å². The van der Waals surface area contributed by atoms with Crippen molar-refractivity contribution in [1.82, 2.24) is 9.97 Å². The van der Waals surface area contributed by atoms with Gasteiger partial charge in [-0.15, -0.1) is 0 Å². The Bertz CT molecular complexity index is 1970.